The first-order chi connectivity index (χ1) is 7.20. The lowest BCUT2D eigenvalue weighted by atomic mass is 9.99. The van der Waals surface area contributed by atoms with Crippen LogP contribution in [0.5, 0.6) is 0 Å². The van der Waals surface area contributed by atoms with Crippen LogP contribution in [0.1, 0.15) is 18.4 Å². The van der Waals surface area contributed by atoms with Gasteiger partial charge in [0.25, 0.3) is 0 Å². The highest BCUT2D eigenvalue weighted by Gasteiger charge is 2.22. The van der Waals surface area contributed by atoms with Crippen molar-refractivity contribution in [3.63, 3.8) is 0 Å². The van der Waals surface area contributed by atoms with E-state index >= 15 is 0 Å². The molecule has 0 aliphatic rings. The zero-order valence-electron chi connectivity index (χ0n) is 8.98. The molecule has 0 aromatic heterocycles. The predicted molar refractivity (Wildman–Crippen MR) is 62.1 cm³/mol. The molecule has 1 aromatic carbocycles. The van der Waals surface area contributed by atoms with Crippen LogP contribution in [0.4, 0.5) is 4.39 Å². The molecular formula is C11H15ClFNO2. The van der Waals surface area contributed by atoms with E-state index in [4.69, 9.17) is 10.5 Å². The molecule has 0 aliphatic carbocycles. The lowest BCUT2D eigenvalue weighted by Gasteiger charge is -2.14. The number of nitrogens with two attached hydrogens (primary N) is 1. The summed E-state index contributed by atoms with van der Waals surface area (Å²) < 4.78 is 18.2. The molecule has 0 heterocycles. The standard InChI is InChI=1S/C11H14FNO2.ClH/c1-2-15-11(14)9(7-13)8-5-3-4-6-10(8)12;/h3-6,9H,2,7,13H2,1H3;1H/t9-;/m0./s1. The van der Waals surface area contributed by atoms with Gasteiger partial charge in [0.2, 0.25) is 0 Å². The van der Waals surface area contributed by atoms with E-state index in [9.17, 15) is 9.18 Å². The third-order valence-electron chi connectivity index (χ3n) is 2.09. The molecule has 0 fully saturated rings. The maximum Gasteiger partial charge on any atom is 0.314 e. The number of esters is 1. The summed E-state index contributed by atoms with van der Waals surface area (Å²) in [5.41, 5.74) is 5.73. The lowest BCUT2D eigenvalue weighted by Crippen LogP contribution is -2.24. The van der Waals surface area contributed by atoms with Crippen LogP contribution in [0.25, 0.3) is 0 Å². The second kappa shape index (κ2) is 7.19. The maximum absolute atomic E-state index is 13.4. The lowest BCUT2D eigenvalue weighted by molar-refractivity contribution is -0.144. The van der Waals surface area contributed by atoms with Crippen molar-refractivity contribution in [2.45, 2.75) is 12.8 Å². The van der Waals surface area contributed by atoms with E-state index in [1.165, 1.54) is 6.07 Å². The first-order valence-electron chi connectivity index (χ1n) is 4.81. The number of carbonyl (C=O) groups is 1. The molecule has 3 nitrogen and oxygen atoms in total. The van der Waals surface area contributed by atoms with Crippen molar-refractivity contribution >= 4 is 18.4 Å². The number of hydrogen-bond acceptors (Lipinski definition) is 3. The largest absolute Gasteiger partial charge is 0.465 e. The number of benzene rings is 1. The van der Waals surface area contributed by atoms with Crippen LogP contribution < -0.4 is 5.73 Å². The van der Waals surface area contributed by atoms with Gasteiger partial charge in [0.05, 0.1) is 12.5 Å². The maximum atomic E-state index is 13.4. The van der Waals surface area contributed by atoms with Crippen LogP contribution in [0.3, 0.4) is 0 Å². The van der Waals surface area contributed by atoms with E-state index < -0.39 is 17.7 Å². The second-order valence-corrected chi connectivity index (χ2v) is 3.06. The average Bonchev–Trinajstić information content (AvgIpc) is 2.22. The Kier molecular flexibility index (Phi) is 6.69. The third-order valence-corrected chi connectivity index (χ3v) is 2.09. The van der Waals surface area contributed by atoms with Crippen LogP contribution in [-0.4, -0.2) is 19.1 Å². The molecule has 90 valence electrons. The SMILES string of the molecule is CCOC(=O)[C@@H](CN)c1ccccc1F.Cl. The highest BCUT2D eigenvalue weighted by molar-refractivity contribution is 5.85. The summed E-state index contributed by atoms with van der Waals surface area (Å²) in [4.78, 5) is 11.5. The smallest absolute Gasteiger partial charge is 0.314 e. The van der Waals surface area contributed by atoms with Gasteiger partial charge in [0.1, 0.15) is 5.82 Å². The molecular weight excluding hydrogens is 233 g/mol. The van der Waals surface area contributed by atoms with E-state index in [2.05, 4.69) is 0 Å². The average molecular weight is 248 g/mol. The highest BCUT2D eigenvalue weighted by atomic mass is 35.5. The summed E-state index contributed by atoms with van der Waals surface area (Å²) in [5.74, 6) is -1.63. The van der Waals surface area contributed by atoms with Gasteiger partial charge in [-0.2, -0.15) is 0 Å². The summed E-state index contributed by atoms with van der Waals surface area (Å²) in [6, 6.07) is 6.08. The van der Waals surface area contributed by atoms with Crippen molar-refractivity contribution in [1.29, 1.82) is 0 Å². The fourth-order valence-electron chi connectivity index (χ4n) is 1.35. The first kappa shape index (κ1) is 14.9. The molecule has 0 aliphatic heterocycles. The summed E-state index contributed by atoms with van der Waals surface area (Å²) in [6.07, 6.45) is 0. The van der Waals surface area contributed by atoms with Gasteiger partial charge in [-0.1, -0.05) is 18.2 Å². The van der Waals surface area contributed by atoms with Crippen LogP contribution in [0.2, 0.25) is 0 Å². The number of carbonyl (C=O) groups excluding carboxylic acids is 1. The van der Waals surface area contributed by atoms with Gasteiger partial charge < -0.3 is 10.5 Å². The van der Waals surface area contributed by atoms with Gasteiger partial charge >= 0.3 is 5.97 Å². The predicted octanol–water partition coefficient (Wildman–Crippen LogP) is 1.85. The fraction of sp³-hybridized carbons (Fsp3) is 0.364. The molecule has 16 heavy (non-hydrogen) atoms. The first-order valence-corrected chi connectivity index (χ1v) is 4.81. The molecule has 0 unspecified atom stereocenters. The third kappa shape index (κ3) is 3.47. The quantitative estimate of drug-likeness (QED) is 0.827. The topological polar surface area (TPSA) is 52.3 Å². The van der Waals surface area contributed by atoms with E-state index in [1.54, 1.807) is 25.1 Å². The molecule has 0 saturated carbocycles. The van der Waals surface area contributed by atoms with Crippen molar-refractivity contribution in [2.24, 2.45) is 5.73 Å². The van der Waals surface area contributed by atoms with Crippen LogP contribution in [-0.2, 0) is 9.53 Å². The van der Waals surface area contributed by atoms with Gasteiger partial charge in [-0.3, -0.25) is 4.79 Å². The number of rotatable bonds is 4. The molecule has 0 amide bonds. The van der Waals surface area contributed by atoms with Crippen LogP contribution in [0.15, 0.2) is 24.3 Å². The minimum Gasteiger partial charge on any atom is -0.465 e. The van der Waals surface area contributed by atoms with E-state index in [-0.39, 0.29) is 25.6 Å². The Balaban J connectivity index is 0.00000225. The zero-order chi connectivity index (χ0) is 11.3. The monoisotopic (exact) mass is 247 g/mol. The molecule has 0 bridgehead atoms. The Morgan fingerprint density at radius 1 is 1.50 bits per heavy atom. The molecule has 1 aromatic rings. The molecule has 5 heteroatoms. The van der Waals surface area contributed by atoms with E-state index in [1.807, 2.05) is 0 Å². The fourth-order valence-corrected chi connectivity index (χ4v) is 1.35. The Labute approximate surface area is 100 Å². The number of halogens is 2. The summed E-state index contributed by atoms with van der Waals surface area (Å²) >= 11 is 0. The highest BCUT2D eigenvalue weighted by Crippen LogP contribution is 2.19. The Bertz CT molecular complexity index is 347. The van der Waals surface area contributed by atoms with Crippen LogP contribution >= 0.6 is 12.4 Å². The van der Waals surface area contributed by atoms with Crippen molar-refractivity contribution in [2.75, 3.05) is 13.2 Å². The Hall–Kier alpha value is -1.13. The minimum atomic E-state index is -0.717. The normalized spacial score (nSPS) is 11.4. The van der Waals surface area contributed by atoms with Crippen molar-refractivity contribution < 1.29 is 13.9 Å². The Morgan fingerprint density at radius 2 is 2.12 bits per heavy atom. The summed E-state index contributed by atoms with van der Waals surface area (Å²) in [6.45, 7) is 2.01. The van der Waals surface area contributed by atoms with Gasteiger partial charge in [-0.15, -0.1) is 12.4 Å². The summed E-state index contributed by atoms with van der Waals surface area (Å²) in [7, 11) is 0. The van der Waals surface area contributed by atoms with Gasteiger partial charge in [0.15, 0.2) is 0 Å². The molecule has 2 N–H and O–H groups in total. The molecule has 1 atom stereocenters. The molecule has 0 saturated heterocycles. The van der Waals surface area contributed by atoms with Crippen molar-refractivity contribution in [3.05, 3.63) is 35.6 Å². The number of hydrogen-bond donors (Lipinski definition) is 1. The van der Waals surface area contributed by atoms with Crippen LogP contribution in [0, 0.1) is 5.82 Å². The van der Waals surface area contributed by atoms with Crippen molar-refractivity contribution in [1.82, 2.24) is 0 Å². The molecule has 1 rings (SSSR count). The van der Waals surface area contributed by atoms with E-state index in [0.29, 0.717) is 5.56 Å². The number of ether oxygens (including phenoxy) is 1. The van der Waals surface area contributed by atoms with Crippen molar-refractivity contribution in [3.8, 4) is 0 Å². The Morgan fingerprint density at radius 3 is 2.62 bits per heavy atom. The summed E-state index contributed by atoms with van der Waals surface area (Å²) in [5, 5.41) is 0. The molecule has 0 spiro atoms. The zero-order valence-corrected chi connectivity index (χ0v) is 9.80. The van der Waals surface area contributed by atoms with Gasteiger partial charge in [-0.25, -0.2) is 4.39 Å². The second-order valence-electron chi connectivity index (χ2n) is 3.06. The van der Waals surface area contributed by atoms with Gasteiger partial charge in [0, 0.05) is 12.1 Å². The molecule has 0 radical (unpaired) electrons. The minimum absolute atomic E-state index is 0. The van der Waals surface area contributed by atoms with Gasteiger partial charge in [-0.05, 0) is 13.0 Å². The van der Waals surface area contributed by atoms with E-state index in [0.717, 1.165) is 0 Å².